The van der Waals surface area contributed by atoms with Crippen LogP contribution in [0.2, 0.25) is 5.02 Å². The maximum Gasteiger partial charge on any atom is 0.121 e. The molecule has 0 saturated heterocycles. The van der Waals surface area contributed by atoms with E-state index in [1.165, 1.54) is 11.1 Å². The lowest BCUT2D eigenvalue weighted by molar-refractivity contribution is 0.144. The molecular weight excluding hydrogens is 518 g/mol. The molecule has 3 aromatic carbocycles. The monoisotopic (exact) mass is 551 g/mol. The van der Waals surface area contributed by atoms with Crippen molar-refractivity contribution in [2.24, 2.45) is 7.05 Å². The molecule has 6 nitrogen and oxygen atoms in total. The van der Waals surface area contributed by atoms with Crippen LogP contribution in [0.1, 0.15) is 48.6 Å². The Morgan fingerprint density at radius 1 is 0.975 bits per heavy atom. The van der Waals surface area contributed by atoms with Gasteiger partial charge in [-0.15, -0.1) is 0 Å². The largest absolute Gasteiger partial charge is 0.490 e. The highest BCUT2D eigenvalue weighted by molar-refractivity contribution is 6.31. The van der Waals surface area contributed by atoms with Crippen LogP contribution < -0.4 is 15.4 Å². The van der Waals surface area contributed by atoms with E-state index in [0.717, 1.165) is 59.8 Å². The summed E-state index contributed by atoms with van der Waals surface area (Å²) in [6.45, 7) is 0. The molecule has 0 unspecified atom stereocenters. The number of hydrogen-bond donors (Lipinski definition) is 2. The zero-order chi connectivity index (χ0) is 28.1. The Kier molecular flexibility index (Phi) is 8.42. The van der Waals surface area contributed by atoms with E-state index in [2.05, 4.69) is 76.8 Å². The molecule has 0 aliphatic heterocycles. The van der Waals surface area contributed by atoms with Crippen LogP contribution in [0.15, 0.2) is 79.1 Å². The Morgan fingerprint density at radius 2 is 1.62 bits per heavy atom. The quantitative estimate of drug-likeness (QED) is 0.244. The minimum atomic E-state index is 0.144. The number of aromatic nitrogens is 2. The van der Waals surface area contributed by atoms with Crippen LogP contribution in [0.5, 0.6) is 5.75 Å². The van der Waals surface area contributed by atoms with Gasteiger partial charge in [-0.2, -0.15) is 5.26 Å². The summed E-state index contributed by atoms with van der Waals surface area (Å²) in [7, 11) is 5.94. The van der Waals surface area contributed by atoms with Crippen molar-refractivity contribution < 1.29 is 4.74 Å². The van der Waals surface area contributed by atoms with Gasteiger partial charge in [0.25, 0.3) is 0 Å². The SMILES string of the molecule is CN/C=C(\NC)c1ccc(-c2ccc(-c3cnc([C@H]4CC[C@H](Oc5ccc(C#N)c(Cl)c5)CC4)n3C)cc2)cc1. The van der Waals surface area contributed by atoms with Crippen molar-refractivity contribution in [3.63, 3.8) is 0 Å². The normalized spacial score (nSPS) is 17.2. The van der Waals surface area contributed by atoms with Gasteiger partial charge in [0.05, 0.1) is 34.3 Å². The van der Waals surface area contributed by atoms with E-state index in [0.29, 0.717) is 16.5 Å². The molecule has 1 aliphatic rings. The molecule has 0 bridgehead atoms. The number of halogens is 1. The zero-order valence-electron chi connectivity index (χ0n) is 23.1. The molecule has 2 N–H and O–H groups in total. The first-order chi connectivity index (χ1) is 19.5. The van der Waals surface area contributed by atoms with Crippen molar-refractivity contribution in [2.75, 3.05) is 14.1 Å². The topological polar surface area (TPSA) is 74.9 Å². The van der Waals surface area contributed by atoms with Gasteiger partial charge < -0.3 is 19.9 Å². The molecule has 4 aromatic rings. The van der Waals surface area contributed by atoms with Crippen molar-refractivity contribution in [2.45, 2.75) is 37.7 Å². The molecule has 0 amide bonds. The van der Waals surface area contributed by atoms with Gasteiger partial charge in [-0.1, -0.05) is 60.1 Å². The lowest BCUT2D eigenvalue weighted by atomic mass is 9.86. The van der Waals surface area contributed by atoms with Gasteiger partial charge in [0, 0.05) is 39.3 Å². The third-order valence-electron chi connectivity index (χ3n) is 7.70. The fourth-order valence-corrected chi connectivity index (χ4v) is 5.70. The van der Waals surface area contributed by atoms with Gasteiger partial charge >= 0.3 is 0 Å². The number of benzene rings is 3. The Hall–Kier alpha value is -4.21. The van der Waals surface area contributed by atoms with Crippen molar-refractivity contribution in [3.05, 3.63) is 101 Å². The molecule has 1 heterocycles. The van der Waals surface area contributed by atoms with E-state index < -0.39 is 0 Å². The standard InChI is InChI=1S/C33H34ClN5O/c1-36-20-31(37-2)24-8-4-22(5-9-24)23-6-10-25(11-7-23)32-21-38-33(39(32)3)26-12-15-28(16-13-26)40-29-17-14-27(19-35)30(34)18-29/h4-11,14,17-18,20-21,26,28,36-37H,12-13,15-16H2,1-3H3/b31-20-/t26-,28-. The van der Waals surface area contributed by atoms with E-state index in [4.69, 9.17) is 26.6 Å². The highest BCUT2D eigenvalue weighted by Gasteiger charge is 2.27. The van der Waals surface area contributed by atoms with E-state index in [1.807, 2.05) is 32.6 Å². The fourth-order valence-electron chi connectivity index (χ4n) is 5.48. The first-order valence-electron chi connectivity index (χ1n) is 13.6. The molecule has 1 aromatic heterocycles. The summed E-state index contributed by atoms with van der Waals surface area (Å²) in [6, 6.07) is 24.7. The number of nitriles is 1. The molecule has 204 valence electrons. The Labute approximate surface area is 241 Å². The molecule has 40 heavy (non-hydrogen) atoms. The van der Waals surface area contributed by atoms with Gasteiger partial charge in [-0.3, -0.25) is 0 Å². The van der Waals surface area contributed by atoms with Crippen LogP contribution in [-0.2, 0) is 7.05 Å². The van der Waals surface area contributed by atoms with Crippen LogP contribution in [0, 0.1) is 11.3 Å². The number of nitrogens with zero attached hydrogens (tertiary/aromatic N) is 3. The first-order valence-corrected chi connectivity index (χ1v) is 14.0. The maximum atomic E-state index is 9.08. The summed E-state index contributed by atoms with van der Waals surface area (Å²) in [6.07, 6.45) is 8.05. The van der Waals surface area contributed by atoms with Crippen molar-refractivity contribution in [3.8, 4) is 34.2 Å². The van der Waals surface area contributed by atoms with Gasteiger partial charge in [-0.25, -0.2) is 4.98 Å². The fraction of sp³-hybridized carbons (Fsp3) is 0.273. The van der Waals surface area contributed by atoms with Crippen LogP contribution in [0.25, 0.3) is 28.1 Å². The Bertz CT molecular complexity index is 1520. The van der Waals surface area contributed by atoms with Gasteiger partial charge in [0.2, 0.25) is 0 Å². The van der Waals surface area contributed by atoms with Crippen LogP contribution >= 0.6 is 11.6 Å². The minimum Gasteiger partial charge on any atom is -0.490 e. The molecule has 0 radical (unpaired) electrons. The van der Waals surface area contributed by atoms with E-state index >= 15 is 0 Å². The molecule has 0 spiro atoms. The second-order valence-electron chi connectivity index (χ2n) is 10.2. The van der Waals surface area contributed by atoms with Crippen LogP contribution in [0.4, 0.5) is 0 Å². The smallest absolute Gasteiger partial charge is 0.121 e. The number of imidazole rings is 1. The van der Waals surface area contributed by atoms with Crippen LogP contribution in [0.3, 0.4) is 0 Å². The summed E-state index contributed by atoms with van der Waals surface area (Å²) in [4.78, 5) is 4.84. The second kappa shape index (κ2) is 12.3. The average molecular weight is 552 g/mol. The first kappa shape index (κ1) is 27.4. The molecule has 0 atom stereocenters. The lowest BCUT2D eigenvalue weighted by Crippen LogP contribution is -2.24. The predicted octanol–water partition coefficient (Wildman–Crippen LogP) is 7.12. The highest BCUT2D eigenvalue weighted by Crippen LogP contribution is 2.36. The number of rotatable bonds is 8. The van der Waals surface area contributed by atoms with E-state index in [1.54, 1.807) is 12.1 Å². The maximum absolute atomic E-state index is 9.08. The summed E-state index contributed by atoms with van der Waals surface area (Å²) >= 11 is 6.17. The Morgan fingerprint density at radius 3 is 2.23 bits per heavy atom. The van der Waals surface area contributed by atoms with Crippen molar-refractivity contribution in [1.82, 2.24) is 20.2 Å². The molecule has 1 saturated carbocycles. The van der Waals surface area contributed by atoms with E-state index in [-0.39, 0.29) is 6.10 Å². The summed E-state index contributed by atoms with van der Waals surface area (Å²) in [5.41, 5.74) is 7.30. The third kappa shape index (κ3) is 5.85. The number of ether oxygens (including phenoxy) is 1. The van der Waals surface area contributed by atoms with Crippen LogP contribution in [-0.4, -0.2) is 29.8 Å². The molecule has 1 aliphatic carbocycles. The summed E-state index contributed by atoms with van der Waals surface area (Å²) in [5, 5.41) is 15.8. The molecular formula is C33H34ClN5O. The predicted molar refractivity (Wildman–Crippen MR) is 162 cm³/mol. The number of hydrogen-bond acceptors (Lipinski definition) is 5. The summed E-state index contributed by atoms with van der Waals surface area (Å²) in [5.74, 6) is 2.25. The zero-order valence-corrected chi connectivity index (χ0v) is 23.9. The lowest BCUT2D eigenvalue weighted by Gasteiger charge is -2.29. The molecule has 5 rings (SSSR count). The second-order valence-corrected chi connectivity index (χ2v) is 10.6. The average Bonchev–Trinajstić information content (AvgIpc) is 3.37. The highest BCUT2D eigenvalue weighted by atomic mass is 35.5. The molecule has 1 fully saturated rings. The summed E-state index contributed by atoms with van der Waals surface area (Å²) < 4.78 is 8.42. The Balaban J connectivity index is 1.22. The third-order valence-corrected chi connectivity index (χ3v) is 8.01. The molecule has 7 heteroatoms. The van der Waals surface area contributed by atoms with Crippen molar-refractivity contribution >= 4 is 17.3 Å². The van der Waals surface area contributed by atoms with Gasteiger partial charge in [-0.05, 0) is 60.1 Å². The van der Waals surface area contributed by atoms with Gasteiger partial charge in [0.15, 0.2) is 0 Å². The van der Waals surface area contributed by atoms with E-state index in [9.17, 15) is 0 Å². The number of nitrogens with one attached hydrogen (secondary N) is 2. The van der Waals surface area contributed by atoms with Crippen molar-refractivity contribution in [1.29, 1.82) is 5.26 Å². The van der Waals surface area contributed by atoms with Gasteiger partial charge in [0.1, 0.15) is 17.6 Å². The minimum absolute atomic E-state index is 0.144.